The molecule has 570 valence electrons. The van der Waals surface area contributed by atoms with Gasteiger partial charge in [-0.15, -0.1) is 0 Å². The first-order chi connectivity index (χ1) is 46.3. The van der Waals surface area contributed by atoms with E-state index < -0.39 is 97.5 Å². The molecule has 0 aliphatic carbocycles. The molecule has 0 rings (SSSR count). The van der Waals surface area contributed by atoms with Gasteiger partial charge in [0.1, 0.15) is 19.3 Å². The third-order valence-electron chi connectivity index (χ3n) is 18.2. The molecule has 19 heteroatoms. The predicted molar refractivity (Wildman–Crippen MR) is 391 cm³/mol. The van der Waals surface area contributed by atoms with E-state index in [1.165, 1.54) is 199 Å². The van der Waals surface area contributed by atoms with Gasteiger partial charge in [-0.05, 0) is 43.4 Å². The summed E-state index contributed by atoms with van der Waals surface area (Å²) in [6, 6.07) is 0. The van der Waals surface area contributed by atoms with Crippen molar-refractivity contribution in [2.45, 2.75) is 414 Å². The van der Waals surface area contributed by atoms with Crippen LogP contribution >= 0.6 is 15.6 Å². The average Bonchev–Trinajstić information content (AvgIpc) is 1.29. The van der Waals surface area contributed by atoms with Crippen LogP contribution in [-0.4, -0.2) is 96.7 Å². The van der Waals surface area contributed by atoms with Gasteiger partial charge in [-0.3, -0.25) is 37.3 Å². The SMILES string of the molecule is CCCCCCCCCCC(=O)OC[C@H](COP(=O)(O)OC[C@H](O)COP(=O)(O)OC[C@@H](COC(=O)CCCCCCCCCCCCCCCCC(C)C)OC(=O)CCCCCCCCCCCCCCCCC(C)CC)OC(=O)CCCCCCCCCCCCC(C)C. The second-order valence-corrected chi connectivity index (χ2v) is 31.8. The van der Waals surface area contributed by atoms with E-state index >= 15 is 0 Å². The summed E-state index contributed by atoms with van der Waals surface area (Å²) < 4.78 is 68.5. The van der Waals surface area contributed by atoms with Gasteiger partial charge in [0, 0.05) is 25.7 Å². The van der Waals surface area contributed by atoms with E-state index in [1.54, 1.807) is 0 Å². The Morgan fingerprint density at radius 3 is 0.792 bits per heavy atom. The highest BCUT2D eigenvalue weighted by Crippen LogP contribution is 2.45. The Morgan fingerprint density at radius 1 is 0.302 bits per heavy atom. The number of aliphatic hydroxyl groups is 1. The molecule has 0 saturated carbocycles. The van der Waals surface area contributed by atoms with E-state index in [4.69, 9.17) is 37.0 Å². The van der Waals surface area contributed by atoms with E-state index in [0.717, 1.165) is 114 Å². The second kappa shape index (κ2) is 67.5. The molecule has 3 N–H and O–H groups in total. The van der Waals surface area contributed by atoms with E-state index in [1.807, 2.05) is 0 Å². The highest BCUT2D eigenvalue weighted by atomic mass is 31.2. The van der Waals surface area contributed by atoms with Crippen molar-refractivity contribution >= 4 is 39.5 Å². The lowest BCUT2D eigenvalue weighted by Gasteiger charge is -2.21. The van der Waals surface area contributed by atoms with Crippen molar-refractivity contribution in [1.29, 1.82) is 0 Å². The first-order valence-electron chi connectivity index (χ1n) is 39.9. The molecule has 0 aromatic heterocycles. The first-order valence-corrected chi connectivity index (χ1v) is 42.9. The Labute approximate surface area is 588 Å². The van der Waals surface area contributed by atoms with Crippen LogP contribution in [0.25, 0.3) is 0 Å². The van der Waals surface area contributed by atoms with Crippen LogP contribution in [-0.2, 0) is 65.4 Å². The Morgan fingerprint density at radius 2 is 0.531 bits per heavy atom. The molecule has 0 heterocycles. The molecule has 0 aromatic rings. The number of aliphatic hydroxyl groups excluding tert-OH is 1. The van der Waals surface area contributed by atoms with Crippen LogP contribution in [0, 0.1) is 17.8 Å². The normalized spacial score (nSPS) is 14.3. The molecular formula is C77H150O17P2. The summed E-state index contributed by atoms with van der Waals surface area (Å²) >= 11 is 0. The fraction of sp³-hybridized carbons (Fsp3) is 0.948. The average molecular weight is 1410 g/mol. The van der Waals surface area contributed by atoms with E-state index in [0.29, 0.717) is 25.7 Å². The Kier molecular flexibility index (Phi) is 66.2. The number of hydrogen-bond donors (Lipinski definition) is 3. The van der Waals surface area contributed by atoms with Crippen molar-refractivity contribution in [1.82, 2.24) is 0 Å². The van der Waals surface area contributed by atoms with Gasteiger partial charge in [-0.2, -0.15) is 0 Å². The minimum Gasteiger partial charge on any atom is -0.462 e. The number of hydrogen-bond acceptors (Lipinski definition) is 15. The highest BCUT2D eigenvalue weighted by Gasteiger charge is 2.30. The third-order valence-corrected chi connectivity index (χ3v) is 20.1. The van der Waals surface area contributed by atoms with Crippen LogP contribution in [0.2, 0.25) is 0 Å². The van der Waals surface area contributed by atoms with Crippen molar-refractivity contribution in [3.05, 3.63) is 0 Å². The van der Waals surface area contributed by atoms with E-state index in [9.17, 15) is 43.2 Å². The standard InChI is InChI=1S/C77H150O17P2/c1-8-10-11-12-13-37-44-51-58-74(79)87-64-72(93-77(82)61-54-47-40-33-27-26-29-35-42-49-56-69(5)6)66-91-95(83,84)89-62-71(78)63-90-96(85,86)92-67-73(65-88-75(80)59-52-45-38-31-24-20-16-14-18-22-28-34-41-48-55-68(3)4)94-76(81)60-53-46-39-32-25-21-17-15-19-23-30-36-43-50-57-70(7)9-2/h68-73,78H,8-67H2,1-7H3,(H,83,84)(H,85,86)/t70?,71-,72+,73+/m0/s1. The third kappa shape index (κ3) is 69.2. The zero-order chi connectivity index (χ0) is 70.9. The molecule has 0 bridgehead atoms. The monoisotopic (exact) mass is 1410 g/mol. The van der Waals surface area contributed by atoms with Gasteiger partial charge in [0.05, 0.1) is 26.4 Å². The van der Waals surface area contributed by atoms with Gasteiger partial charge < -0.3 is 33.8 Å². The van der Waals surface area contributed by atoms with Crippen molar-refractivity contribution in [2.75, 3.05) is 39.6 Å². The van der Waals surface area contributed by atoms with Crippen LogP contribution in [0.1, 0.15) is 395 Å². The van der Waals surface area contributed by atoms with Crippen molar-refractivity contribution in [3.8, 4) is 0 Å². The molecule has 17 nitrogen and oxygen atoms in total. The summed E-state index contributed by atoms with van der Waals surface area (Å²) in [7, 11) is -9.91. The Bertz CT molecular complexity index is 1870. The fourth-order valence-electron chi connectivity index (χ4n) is 11.7. The van der Waals surface area contributed by atoms with Crippen LogP contribution in [0.4, 0.5) is 0 Å². The van der Waals surface area contributed by atoms with Gasteiger partial charge in [-0.25, -0.2) is 9.13 Å². The molecule has 0 aliphatic rings. The summed E-state index contributed by atoms with van der Waals surface area (Å²) in [5, 5.41) is 10.6. The van der Waals surface area contributed by atoms with Crippen LogP contribution < -0.4 is 0 Å². The first kappa shape index (κ1) is 94.1. The smallest absolute Gasteiger partial charge is 0.462 e. The molecule has 0 radical (unpaired) electrons. The lowest BCUT2D eigenvalue weighted by Crippen LogP contribution is -2.30. The zero-order valence-corrected chi connectivity index (χ0v) is 64.6. The summed E-state index contributed by atoms with van der Waals surface area (Å²) in [5.41, 5.74) is 0. The molecule has 96 heavy (non-hydrogen) atoms. The van der Waals surface area contributed by atoms with Gasteiger partial charge in [0.25, 0.3) is 0 Å². The quantitative estimate of drug-likeness (QED) is 0.0222. The molecular weight excluding hydrogens is 1260 g/mol. The van der Waals surface area contributed by atoms with Gasteiger partial charge in [0.15, 0.2) is 12.2 Å². The van der Waals surface area contributed by atoms with Crippen LogP contribution in [0.5, 0.6) is 0 Å². The number of phosphoric ester groups is 2. The second-order valence-electron chi connectivity index (χ2n) is 28.9. The van der Waals surface area contributed by atoms with Crippen LogP contribution in [0.15, 0.2) is 0 Å². The molecule has 0 aromatic carbocycles. The molecule has 0 aliphatic heterocycles. The highest BCUT2D eigenvalue weighted by molar-refractivity contribution is 7.47. The minimum atomic E-state index is -4.96. The number of rotatable bonds is 75. The number of ether oxygens (including phenoxy) is 4. The number of carbonyl (C=O) groups is 4. The molecule has 0 amide bonds. The molecule has 6 atom stereocenters. The molecule has 0 fully saturated rings. The maximum absolute atomic E-state index is 13.1. The summed E-state index contributed by atoms with van der Waals surface area (Å²) in [6.07, 6.45) is 54.1. The summed E-state index contributed by atoms with van der Waals surface area (Å²) in [5.74, 6) is 0.279. The van der Waals surface area contributed by atoms with Crippen molar-refractivity contribution in [3.63, 3.8) is 0 Å². The largest absolute Gasteiger partial charge is 0.472 e. The number of carbonyl (C=O) groups excluding carboxylic acids is 4. The minimum absolute atomic E-state index is 0.106. The van der Waals surface area contributed by atoms with Gasteiger partial charge in [-0.1, -0.05) is 344 Å². The maximum atomic E-state index is 13.1. The number of phosphoric acid groups is 2. The van der Waals surface area contributed by atoms with E-state index in [-0.39, 0.29) is 25.7 Å². The maximum Gasteiger partial charge on any atom is 0.472 e. The molecule has 3 unspecified atom stereocenters. The zero-order valence-electron chi connectivity index (χ0n) is 62.8. The topological polar surface area (TPSA) is 237 Å². The lowest BCUT2D eigenvalue weighted by atomic mass is 9.99. The number of esters is 4. The Hall–Kier alpha value is -1.94. The predicted octanol–water partition coefficient (Wildman–Crippen LogP) is 22.6. The summed E-state index contributed by atoms with van der Waals surface area (Å²) in [4.78, 5) is 72.8. The van der Waals surface area contributed by atoms with Crippen LogP contribution in [0.3, 0.4) is 0 Å². The fourth-order valence-corrected chi connectivity index (χ4v) is 13.3. The number of unbranched alkanes of at least 4 members (excludes halogenated alkanes) is 42. The van der Waals surface area contributed by atoms with Gasteiger partial charge in [0.2, 0.25) is 0 Å². The summed E-state index contributed by atoms with van der Waals surface area (Å²) in [6.45, 7) is 11.9. The molecule has 0 saturated heterocycles. The Balaban J connectivity index is 5.22. The van der Waals surface area contributed by atoms with E-state index in [2.05, 4.69) is 48.5 Å². The lowest BCUT2D eigenvalue weighted by molar-refractivity contribution is -0.161. The molecule has 0 spiro atoms. The van der Waals surface area contributed by atoms with Gasteiger partial charge >= 0.3 is 39.5 Å². The van der Waals surface area contributed by atoms with Crippen molar-refractivity contribution in [2.24, 2.45) is 17.8 Å². The van der Waals surface area contributed by atoms with Crippen molar-refractivity contribution < 1.29 is 80.2 Å².